The molecular weight excluding hydrogens is 389 g/mol. The summed E-state index contributed by atoms with van der Waals surface area (Å²) in [7, 11) is -1.43. The number of halogens is 3. The van der Waals surface area contributed by atoms with Gasteiger partial charge in [-0.2, -0.15) is 13.2 Å². The number of hydrogen-bond acceptors (Lipinski definition) is 5. The van der Waals surface area contributed by atoms with Gasteiger partial charge in [0.25, 0.3) is 0 Å². The highest BCUT2D eigenvalue weighted by Gasteiger charge is 2.33. The van der Waals surface area contributed by atoms with E-state index in [2.05, 4.69) is 20.6 Å². The lowest BCUT2D eigenvalue weighted by atomic mass is 9.90. The van der Waals surface area contributed by atoms with Crippen molar-refractivity contribution < 1.29 is 21.6 Å². The Morgan fingerprint density at radius 2 is 1.96 bits per heavy atom. The number of hydrogen-bond donors (Lipinski definition) is 2. The molecule has 1 aromatic heterocycles. The quantitative estimate of drug-likeness (QED) is 0.504. The van der Waals surface area contributed by atoms with Crippen molar-refractivity contribution in [2.75, 3.05) is 32.1 Å². The van der Waals surface area contributed by atoms with Crippen molar-refractivity contribution in [3.05, 3.63) is 16.1 Å². The molecule has 0 unspecified atom stereocenters. The third-order valence-electron chi connectivity index (χ3n) is 3.58. The molecule has 1 aromatic rings. The van der Waals surface area contributed by atoms with Crippen LogP contribution in [-0.2, 0) is 22.4 Å². The van der Waals surface area contributed by atoms with E-state index in [1.807, 2.05) is 13.8 Å². The molecule has 0 saturated carbocycles. The van der Waals surface area contributed by atoms with Crippen molar-refractivity contribution in [1.82, 2.24) is 15.6 Å². The lowest BCUT2D eigenvalue weighted by molar-refractivity contribution is -0.140. The Labute approximate surface area is 156 Å². The van der Waals surface area contributed by atoms with E-state index in [0.29, 0.717) is 36.9 Å². The Hall–Kier alpha value is -1.36. The summed E-state index contributed by atoms with van der Waals surface area (Å²) in [6, 6.07) is 0. The summed E-state index contributed by atoms with van der Waals surface area (Å²) in [5.74, 6) is 0.615. The van der Waals surface area contributed by atoms with Crippen LogP contribution in [0.1, 0.15) is 31.0 Å². The third-order valence-corrected chi connectivity index (χ3v) is 5.44. The minimum atomic E-state index is -4.42. The van der Waals surface area contributed by atoms with Crippen molar-refractivity contribution in [2.45, 2.75) is 32.9 Å². The molecule has 150 valence electrons. The lowest BCUT2D eigenvalue weighted by Crippen LogP contribution is -2.43. The van der Waals surface area contributed by atoms with Gasteiger partial charge in [-0.15, -0.1) is 11.3 Å². The zero-order chi connectivity index (χ0) is 20.0. The van der Waals surface area contributed by atoms with Crippen LogP contribution in [0, 0.1) is 5.41 Å². The van der Waals surface area contributed by atoms with Crippen LogP contribution in [0.2, 0.25) is 0 Å². The number of thiazole rings is 1. The zero-order valence-corrected chi connectivity index (χ0v) is 16.9. The standard InChI is InChI=1S/C15H25F3N4O2S2/c1-14(2,6-8-26(4,23)24)10-21-13(19-3)20-7-5-12-22-11(9-25-12)15(16,17)18/h9H,5-8,10H2,1-4H3,(H2,19,20,21). The Kier molecular flexibility index (Phi) is 7.87. The SMILES string of the molecule is CN=C(NCCc1nc(C(F)(F)F)cs1)NCC(C)(C)CCS(C)(=O)=O. The van der Waals surface area contributed by atoms with E-state index in [0.717, 1.165) is 16.7 Å². The van der Waals surface area contributed by atoms with Crippen LogP contribution in [-0.4, -0.2) is 51.5 Å². The number of sulfone groups is 1. The van der Waals surface area contributed by atoms with Crippen LogP contribution >= 0.6 is 11.3 Å². The fourth-order valence-electron chi connectivity index (χ4n) is 1.94. The van der Waals surface area contributed by atoms with Gasteiger partial charge in [-0.1, -0.05) is 13.8 Å². The van der Waals surface area contributed by atoms with Gasteiger partial charge in [-0.05, 0) is 11.8 Å². The Bertz CT molecular complexity index is 713. The largest absolute Gasteiger partial charge is 0.434 e. The molecule has 0 saturated heterocycles. The molecule has 0 aromatic carbocycles. The molecule has 0 fully saturated rings. The van der Waals surface area contributed by atoms with E-state index in [9.17, 15) is 21.6 Å². The predicted octanol–water partition coefficient (Wildman–Crippen LogP) is 2.33. The smallest absolute Gasteiger partial charge is 0.356 e. The molecule has 1 heterocycles. The summed E-state index contributed by atoms with van der Waals surface area (Å²) in [4.78, 5) is 7.63. The Morgan fingerprint density at radius 3 is 2.46 bits per heavy atom. The summed E-state index contributed by atoms with van der Waals surface area (Å²) in [5, 5.41) is 7.53. The lowest BCUT2D eigenvalue weighted by Gasteiger charge is -2.25. The van der Waals surface area contributed by atoms with Gasteiger partial charge in [-0.3, -0.25) is 4.99 Å². The number of aromatic nitrogens is 1. The molecule has 6 nitrogen and oxygen atoms in total. The first-order valence-corrected chi connectivity index (χ1v) is 10.9. The molecule has 11 heteroatoms. The molecule has 0 amide bonds. The van der Waals surface area contributed by atoms with Crippen molar-refractivity contribution in [1.29, 1.82) is 0 Å². The fourth-order valence-corrected chi connectivity index (χ4v) is 3.67. The van der Waals surface area contributed by atoms with E-state index < -0.39 is 21.7 Å². The third kappa shape index (κ3) is 8.84. The molecule has 0 bridgehead atoms. The van der Waals surface area contributed by atoms with Gasteiger partial charge in [0, 0.05) is 38.2 Å². The fraction of sp³-hybridized carbons (Fsp3) is 0.733. The van der Waals surface area contributed by atoms with Crippen molar-refractivity contribution in [3.63, 3.8) is 0 Å². The molecule has 0 radical (unpaired) electrons. The first-order valence-electron chi connectivity index (χ1n) is 7.96. The second-order valence-corrected chi connectivity index (χ2v) is 9.97. The molecule has 1 rings (SSSR count). The first-order chi connectivity index (χ1) is 11.8. The highest BCUT2D eigenvalue weighted by Crippen LogP contribution is 2.30. The van der Waals surface area contributed by atoms with Gasteiger partial charge < -0.3 is 10.6 Å². The van der Waals surface area contributed by atoms with E-state index >= 15 is 0 Å². The molecule has 26 heavy (non-hydrogen) atoms. The molecule has 2 N–H and O–H groups in total. The normalized spacial score (nSPS) is 13.7. The topological polar surface area (TPSA) is 83.4 Å². The first kappa shape index (κ1) is 22.7. The van der Waals surface area contributed by atoms with Crippen LogP contribution in [0.15, 0.2) is 10.4 Å². The van der Waals surface area contributed by atoms with Crippen molar-refractivity contribution >= 4 is 27.1 Å². The van der Waals surface area contributed by atoms with E-state index in [-0.39, 0.29) is 11.2 Å². The van der Waals surface area contributed by atoms with Crippen LogP contribution in [0.25, 0.3) is 0 Å². The summed E-state index contributed by atoms with van der Waals surface area (Å²) < 4.78 is 60.1. The summed E-state index contributed by atoms with van der Waals surface area (Å²) >= 11 is 0.974. The molecule has 0 atom stereocenters. The summed E-state index contributed by atoms with van der Waals surface area (Å²) in [6.45, 7) is 4.80. The minimum absolute atomic E-state index is 0.110. The van der Waals surface area contributed by atoms with Gasteiger partial charge in [-0.25, -0.2) is 13.4 Å². The average Bonchev–Trinajstić information content (AvgIpc) is 2.97. The summed E-state index contributed by atoms with van der Waals surface area (Å²) in [5.41, 5.74) is -1.12. The maximum atomic E-state index is 12.5. The molecular formula is C15H25F3N4O2S2. The number of nitrogens with zero attached hydrogens (tertiary/aromatic N) is 2. The maximum Gasteiger partial charge on any atom is 0.434 e. The molecule has 0 aliphatic heterocycles. The number of guanidine groups is 1. The number of aliphatic imine (C=N–C) groups is 1. The predicted molar refractivity (Wildman–Crippen MR) is 98.3 cm³/mol. The zero-order valence-electron chi connectivity index (χ0n) is 15.3. The Balaban J connectivity index is 2.42. The van der Waals surface area contributed by atoms with Gasteiger partial charge in [0.1, 0.15) is 9.84 Å². The highest BCUT2D eigenvalue weighted by molar-refractivity contribution is 7.90. The van der Waals surface area contributed by atoms with Gasteiger partial charge in [0.2, 0.25) is 0 Å². The monoisotopic (exact) mass is 414 g/mol. The Morgan fingerprint density at radius 1 is 1.31 bits per heavy atom. The number of alkyl halides is 3. The number of nitrogens with one attached hydrogen (secondary N) is 2. The van der Waals surface area contributed by atoms with Crippen LogP contribution in [0.5, 0.6) is 0 Å². The van der Waals surface area contributed by atoms with E-state index in [1.54, 1.807) is 7.05 Å². The maximum absolute atomic E-state index is 12.5. The minimum Gasteiger partial charge on any atom is -0.356 e. The highest BCUT2D eigenvalue weighted by atomic mass is 32.2. The van der Waals surface area contributed by atoms with Crippen LogP contribution < -0.4 is 10.6 Å². The van der Waals surface area contributed by atoms with Crippen LogP contribution in [0.3, 0.4) is 0 Å². The van der Waals surface area contributed by atoms with Crippen molar-refractivity contribution in [3.8, 4) is 0 Å². The van der Waals surface area contributed by atoms with E-state index in [4.69, 9.17) is 0 Å². The second-order valence-electron chi connectivity index (χ2n) is 6.77. The average molecular weight is 415 g/mol. The molecule has 0 spiro atoms. The van der Waals surface area contributed by atoms with Crippen molar-refractivity contribution in [2.24, 2.45) is 10.4 Å². The summed E-state index contributed by atoms with van der Waals surface area (Å²) in [6.07, 6.45) is -2.36. The van der Waals surface area contributed by atoms with Gasteiger partial charge in [0.05, 0.1) is 10.8 Å². The van der Waals surface area contributed by atoms with Gasteiger partial charge in [0.15, 0.2) is 11.7 Å². The number of rotatable bonds is 8. The van der Waals surface area contributed by atoms with Gasteiger partial charge >= 0.3 is 6.18 Å². The molecule has 0 aliphatic rings. The second kappa shape index (κ2) is 9.03. The van der Waals surface area contributed by atoms with E-state index in [1.165, 1.54) is 6.26 Å². The van der Waals surface area contributed by atoms with Crippen LogP contribution in [0.4, 0.5) is 13.2 Å². The molecule has 0 aliphatic carbocycles.